The summed E-state index contributed by atoms with van der Waals surface area (Å²) in [5, 5.41) is 11.8. The van der Waals surface area contributed by atoms with Gasteiger partial charge in [-0.15, -0.1) is 5.06 Å². The number of nitrogens with zero attached hydrogens (tertiary/aromatic N) is 3. The van der Waals surface area contributed by atoms with Crippen LogP contribution in [0.1, 0.15) is 32.4 Å². The van der Waals surface area contributed by atoms with Crippen molar-refractivity contribution in [2.24, 2.45) is 5.92 Å². The topological polar surface area (TPSA) is 47.0 Å². The Bertz CT molecular complexity index is 527. The van der Waals surface area contributed by atoms with Crippen LogP contribution in [0.3, 0.4) is 0 Å². The van der Waals surface area contributed by atoms with E-state index in [2.05, 4.69) is 0 Å². The lowest BCUT2D eigenvalue weighted by Crippen LogP contribution is -2.52. The van der Waals surface area contributed by atoms with Gasteiger partial charge in [0.25, 0.3) is 0 Å². The first-order valence-electron chi connectivity index (χ1n) is 7.24. The number of anilines is 1. The van der Waals surface area contributed by atoms with Crippen LogP contribution in [0.15, 0.2) is 24.3 Å². The van der Waals surface area contributed by atoms with Gasteiger partial charge in [0.2, 0.25) is 5.91 Å². The molecule has 1 aliphatic heterocycles. The SMILES string of the molecule is CC(C)[C@]1(C)N(C)C(=O)[C@@H](c2ccc(N(C)C)cc2)N1O. The predicted octanol–water partition coefficient (Wildman–Crippen LogP) is 2.33. The van der Waals surface area contributed by atoms with E-state index in [0.29, 0.717) is 0 Å². The summed E-state index contributed by atoms with van der Waals surface area (Å²) in [6.07, 6.45) is 0. The van der Waals surface area contributed by atoms with Gasteiger partial charge in [-0.2, -0.15) is 0 Å². The zero-order valence-electron chi connectivity index (χ0n) is 13.7. The summed E-state index contributed by atoms with van der Waals surface area (Å²) < 4.78 is 0. The van der Waals surface area contributed by atoms with E-state index >= 15 is 0 Å². The van der Waals surface area contributed by atoms with E-state index in [1.54, 1.807) is 11.9 Å². The van der Waals surface area contributed by atoms with Crippen LogP contribution in [0, 0.1) is 5.92 Å². The quantitative estimate of drug-likeness (QED) is 0.928. The van der Waals surface area contributed by atoms with E-state index in [-0.39, 0.29) is 11.8 Å². The highest BCUT2D eigenvalue weighted by Crippen LogP contribution is 2.41. The van der Waals surface area contributed by atoms with Crippen molar-refractivity contribution in [2.75, 3.05) is 26.0 Å². The number of likely N-dealkylation sites (N-methyl/N-ethyl adjacent to an activating group) is 1. The molecule has 0 saturated carbocycles. The Hall–Kier alpha value is -1.59. The second-order valence-electron chi connectivity index (χ2n) is 6.38. The molecule has 1 amide bonds. The van der Waals surface area contributed by atoms with Gasteiger partial charge in [-0.3, -0.25) is 4.79 Å². The van der Waals surface area contributed by atoms with Gasteiger partial charge < -0.3 is 15.0 Å². The second-order valence-corrected chi connectivity index (χ2v) is 6.38. The van der Waals surface area contributed by atoms with Crippen molar-refractivity contribution in [1.82, 2.24) is 9.96 Å². The lowest BCUT2D eigenvalue weighted by atomic mass is 9.97. The number of benzene rings is 1. The van der Waals surface area contributed by atoms with E-state index in [9.17, 15) is 10.0 Å². The van der Waals surface area contributed by atoms with Gasteiger partial charge in [0.05, 0.1) is 0 Å². The fourth-order valence-corrected chi connectivity index (χ4v) is 2.82. The summed E-state index contributed by atoms with van der Waals surface area (Å²) >= 11 is 0. The molecule has 1 aromatic carbocycles. The molecule has 21 heavy (non-hydrogen) atoms. The third-order valence-electron chi connectivity index (χ3n) is 4.77. The summed E-state index contributed by atoms with van der Waals surface area (Å²) in [5.74, 6) is 0.0359. The minimum Gasteiger partial charge on any atom is -0.378 e. The molecule has 0 radical (unpaired) electrons. The molecular formula is C16H25N3O2. The van der Waals surface area contributed by atoms with Gasteiger partial charge >= 0.3 is 0 Å². The summed E-state index contributed by atoms with van der Waals surface area (Å²) in [7, 11) is 5.69. The zero-order valence-corrected chi connectivity index (χ0v) is 13.7. The van der Waals surface area contributed by atoms with E-state index in [1.165, 1.54) is 5.06 Å². The number of rotatable bonds is 3. The van der Waals surface area contributed by atoms with E-state index in [4.69, 9.17) is 0 Å². The van der Waals surface area contributed by atoms with Crippen LogP contribution in [0.4, 0.5) is 5.69 Å². The van der Waals surface area contributed by atoms with Crippen molar-refractivity contribution in [3.63, 3.8) is 0 Å². The van der Waals surface area contributed by atoms with Gasteiger partial charge in [-0.1, -0.05) is 26.0 Å². The summed E-state index contributed by atoms with van der Waals surface area (Å²) in [4.78, 5) is 16.2. The van der Waals surface area contributed by atoms with Crippen LogP contribution in [0.25, 0.3) is 0 Å². The Morgan fingerprint density at radius 2 is 1.76 bits per heavy atom. The molecule has 2 atom stereocenters. The number of carbonyl (C=O) groups is 1. The highest BCUT2D eigenvalue weighted by Gasteiger charge is 2.54. The Labute approximate surface area is 126 Å². The average Bonchev–Trinajstić information content (AvgIpc) is 2.61. The predicted molar refractivity (Wildman–Crippen MR) is 83.1 cm³/mol. The van der Waals surface area contributed by atoms with Crippen molar-refractivity contribution < 1.29 is 10.0 Å². The maximum atomic E-state index is 12.6. The Morgan fingerprint density at radius 3 is 2.14 bits per heavy atom. The average molecular weight is 291 g/mol. The van der Waals surface area contributed by atoms with Crippen LogP contribution < -0.4 is 4.90 Å². The van der Waals surface area contributed by atoms with Crippen molar-refractivity contribution in [1.29, 1.82) is 0 Å². The van der Waals surface area contributed by atoms with E-state index < -0.39 is 11.7 Å². The molecule has 116 valence electrons. The normalized spacial score (nSPS) is 26.8. The molecule has 5 heteroatoms. The molecular weight excluding hydrogens is 266 g/mol. The first-order valence-corrected chi connectivity index (χ1v) is 7.24. The van der Waals surface area contributed by atoms with Crippen molar-refractivity contribution >= 4 is 11.6 Å². The zero-order chi connectivity index (χ0) is 15.9. The first-order chi connectivity index (χ1) is 9.71. The Morgan fingerprint density at radius 1 is 1.24 bits per heavy atom. The number of amides is 1. The number of hydrogen-bond acceptors (Lipinski definition) is 4. The molecule has 0 aliphatic carbocycles. The first kappa shape index (κ1) is 15.8. The van der Waals surface area contributed by atoms with Crippen LogP contribution in [-0.4, -0.2) is 47.9 Å². The van der Waals surface area contributed by atoms with Gasteiger partial charge in [0.15, 0.2) is 0 Å². The van der Waals surface area contributed by atoms with Gasteiger partial charge in [0.1, 0.15) is 11.7 Å². The standard InChI is InChI=1S/C16H25N3O2/c1-11(2)16(3)18(6)15(20)14(19(16)21)12-7-9-13(10-8-12)17(4)5/h7-11,14,21H,1-6H3/t14-,16-/m1/s1. The lowest BCUT2D eigenvalue weighted by Gasteiger charge is -2.39. The highest BCUT2D eigenvalue weighted by atomic mass is 16.5. The van der Waals surface area contributed by atoms with Crippen LogP contribution in [0.5, 0.6) is 0 Å². The molecule has 1 aliphatic rings. The molecule has 0 bridgehead atoms. The minimum atomic E-state index is -0.692. The van der Waals surface area contributed by atoms with Gasteiger partial charge in [-0.05, 0) is 30.5 Å². The Balaban J connectivity index is 2.38. The number of hydroxylamine groups is 2. The minimum absolute atomic E-state index is 0.0775. The fourth-order valence-electron chi connectivity index (χ4n) is 2.82. The third kappa shape index (κ3) is 2.30. The third-order valence-corrected chi connectivity index (χ3v) is 4.77. The molecule has 1 saturated heterocycles. The molecule has 1 N–H and O–H groups in total. The van der Waals surface area contributed by atoms with E-state index in [1.807, 2.05) is 64.0 Å². The largest absolute Gasteiger partial charge is 0.378 e. The maximum absolute atomic E-state index is 12.6. The monoisotopic (exact) mass is 291 g/mol. The van der Waals surface area contributed by atoms with E-state index in [0.717, 1.165) is 11.3 Å². The van der Waals surface area contributed by atoms with Crippen molar-refractivity contribution in [3.05, 3.63) is 29.8 Å². The van der Waals surface area contributed by atoms with Gasteiger partial charge in [0, 0.05) is 26.8 Å². The summed E-state index contributed by atoms with van der Waals surface area (Å²) in [6, 6.07) is 7.09. The van der Waals surface area contributed by atoms with Gasteiger partial charge in [-0.25, -0.2) is 0 Å². The highest BCUT2D eigenvalue weighted by molar-refractivity contribution is 5.86. The van der Waals surface area contributed by atoms with Crippen LogP contribution >= 0.6 is 0 Å². The molecule has 0 spiro atoms. The molecule has 5 nitrogen and oxygen atoms in total. The van der Waals surface area contributed by atoms with Crippen molar-refractivity contribution in [3.8, 4) is 0 Å². The number of hydrogen-bond donors (Lipinski definition) is 1. The molecule has 1 heterocycles. The maximum Gasteiger partial charge on any atom is 0.248 e. The summed E-state index contributed by atoms with van der Waals surface area (Å²) in [6.45, 7) is 5.90. The molecule has 1 fully saturated rings. The lowest BCUT2D eigenvalue weighted by molar-refractivity contribution is -0.210. The molecule has 2 rings (SSSR count). The van der Waals surface area contributed by atoms with Crippen molar-refractivity contribution in [2.45, 2.75) is 32.5 Å². The van der Waals surface area contributed by atoms with Crippen LogP contribution in [-0.2, 0) is 4.79 Å². The second kappa shape index (κ2) is 5.31. The Kier molecular flexibility index (Phi) is 4.00. The fraction of sp³-hybridized carbons (Fsp3) is 0.562. The summed E-state index contributed by atoms with van der Waals surface area (Å²) in [5.41, 5.74) is 1.18. The molecule has 0 unspecified atom stereocenters. The van der Waals surface area contributed by atoms with Crippen LogP contribution in [0.2, 0.25) is 0 Å². The number of carbonyl (C=O) groups excluding carboxylic acids is 1. The molecule has 0 aromatic heterocycles. The smallest absolute Gasteiger partial charge is 0.248 e. The molecule has 1 aromatic rings.